The van der Waals surface area contributed by atoms with Crippen LogP contribution in [0, 0.1) is 6.92 Å². The molecule has 2 aromatic rings. The molecule has 1 amide bonds. The third kappa shape index (κ3) is 4.40. The fraction of sp³-hybridized carbons (Fsp3) is 0.412. The van der Waals surface area contributed by atoms with Crippen molar-refractivity contribution in [1.29, 1.82) is 0 Å². The average molecular weight is 315 g/mol. The third-order valence-electron chi connectivity index (χ3n) is 3.85. The molecule has 1 fully saturated rings. The number of benzene rings is 1. The summed E-state index contributed by atoms with van der Waals surface area (Å²) in [6.07, 6.45) is 0. The summed E-state index contributed by atoms with van der Waals surface area (Å²) in [6, 6.07) is 9.76. The van der Waals surface area contributed by atoms with Crippen LogP contribution in [-0.2, 0) is 17.8 Å². The molecule has 1 aromatic carbocycles. The Kier molecular flexibility index (Phi) is 5.05. The van der Waals surface area contributed by atoms with Gasteiger partial charge in [-0.25, -0.2) is 0 Å². The predicted octanol–water partition coefficient (Wildman–Crippen LogP) is 1.75. The SMILES string of the molecule is Cc1ccc(CNC(=O)c2cc(CN3CCOCC3)on2)cc1. The van der Waals surface area contributed by atoms with Crippen LogP contribution in [0.15, 0.2) is 34.9 Å². The maximum absolute atomic E-state index is 12.1. The number of carbonyl (C=O) groups excluding carboxylic acids is 1. The van der Waals surface area contributed by atoms with Crippen LogP contribution in [0.5, 0.6) is 0 Å². The van der Waals surface area contributed by atoms with Crippen molar-refractivity contribution >= 4 is 5.91 Å². The summed E-state index contributed by atoms with van der Waals surface area (Å²) >= 11 is 0. The van der Waals surface area contributed by atoms with Crippen molar-refractivity contribution in [3.05, 3.63) is 52.9 Å². The molecule has 1 aliphatic heterocycles. The van der Waals surface area contributed by atoms with Crippen molar-refractivity contribution in [3.8, 4) is 0 Å². The van der Waals surface area contributed by atoms with Gasteiger partial charge >= 0.3 is 0 Å². The van der Waals surface area contributed by atoms with E-state index in [0.717, 1.165) is 31.9 Å². The van der Waals surface area contributed by atoms with Gasteiger partial charge in [-0.15, -0.1) is 0 Å². The van der Waals surface area contributed by atoms with Gasteiger partial charge in [0, 0.05) is 25.7 Å². The third-order valence-corrected chi connectivity index (χ3v) is 3.85. The summed E-state index contributed by atoms with van der Waals surface area (Å²) in [6.45, 7) is 6.38. The topological polar surface area (TPSA) is 67.6 Å². The molecule has 6 nitrogen and oxygen atoms in total. The number of amides is 1. The van der Waals surface area contributed by atoms with Gasteiger partial charge in [0.25, 0.3) is 5.91 Å². The van der Waals surface area contributed by atoms with Gasteiger partial charge in [0.2, 0.25) is 0 Å². The fourth-order valence-electron chi connectivity index (χ4n) is 2.45. The molecular formula is C17H21N3O3. The molecule has 23 heavy (non-hydrogen) atoms. The smallest absolute Gasteiger partial charge is 0.273 e. The summed E-state index contributed by atoms with van der Waals surface area (Å²) in [5.41, 5.74) is 2.57. The van der Waals surface area contributed by atoms with Gasteiger partial charge in [0.1, 0.15) is 0 Å². The van der Waals surface area contributed by atoms with Crippen LogP contribution in [0.1, 0.15) is 27.4 Å². The van der Waals surface area contributed by atoms with E-state index < -0.39 is 0 Å². The van der Waals surface area contributed by atoms with Crippen molar-refractivity contribution in [1.82, 2.24) is 15.4 Å². The molecular weight excluding hydrogens is 294 g/mol. The van der Waals surface area contributed by atoms with Crippen molar-refractivity contribution in [2.24, 2.45) is 0 Å². The second-order valence-electron chi connectivity index (χ2n) is 5.74. The predicted molar refractivity (Wildman–Crippen MR) is 84.9 cm³/mol. The molecule has 1 N–H and O–H groups in total. The summed E-state index contributed by atoms with van der Waals surface area (Å²) in [7, 11) is 0. The van der Waals surface area contributed by atoms with Crippen LogP contribution in [0.3, 0.4) is 0 Å². The largest absolute Gasteiger partial charge is 0.379 e. The van der Waals surface area contributed by atoms with Crippen LogP contribution >= 0.6 is 0 Å². The minimum atomic E-state index is -0.220. The van der Waals surface area contributed by atoms with E-state index in [-0.39, 0.29) is 5.91 Å². The first-order valence-electron chi connectivity index (χ1n) is 7.80. The molecule has 0 spiro atoms. The van der Waals surface area contributed by atoms with Gasteiger partial charge in [0.15, 0.2) is 11.5 Å². The second kappa shape index (κ2) is 7.39. The Labute approximate surface area is 135 Å². The summed E-state index contributed by atoms with van der Waals surface area (Å²) in [4.78, 5) is 14.3. The molecule has 3 rings (SSSR count). The molecule has 0 atom stereocenters. The molecule has 0 aliphatic carbocycles. The van der Waals surface area contributed by atoms with E-state index in [4.69, 9.17) is 9.26 Å². The van der Waals surface area contributed by atoms with E-state index in [9.17, 15) is 4.79 Å². The number of nitrogens with zero attached hydrogens (tertiary/aromatic N) is 2. The minimum Gasteiger partial charge on any atom is -0.379 e. The van der Waals surface area contributed by atoms with E-state index in [1.165, 1.54) is 5.56 Å². The van der Waals surface area contributed by atoms with E-state index in [2.05, 4.69) is 15.4 Å². The Morgan fingerprint density at radius 2 is 2.00 bits per heavy atom. The average Bonchev–Trinajstić information content (AvgIpc) is 3.03. The van der Waals surface area contributed by atoms with Crippen LogP contribution < -0.4 is 5.32 Å². The van der Waals surface area contributed by atoms with E-state index in [1.54, 1.807) is 6.07 Å². The normalized spacial score (nSPS) is 15.5. The molecule has 0 bridgehead atoms. The molecule has 1 aromatic heterocycles. The van der Waals surface area contributed by atoms with Crippen molar-refractivity contribution < 1.29 is 14.1 Å². The molecule has 1 saturated heterocycles. The highest BCUT2D eigenvalue weighted by Gasteiger charge is 2.16. The van der Waals surface area contributed by atoms with Gasteiger partial charge in [-0.3, -0.25) is 9.69 Å². The Hall–Kier alpha value is -2.18. The zero-order valence-corrected chi connectivity index (χ0v) is 13.2. The standard InChI is InChI=1S/C17H21N3O3/c1-13-2-4-14(5-3-13)11-18-17(21)16-10-15(23-19-16)12-20-6-8-22-9-7-20/h2-5,10H,6-9,11-12H2,1H3,(H,18,21). The van der Waals surface area contributed by atoms with Gasteiger partial charge < -0.3 is 14.6 Å². The number of aryl methyl sites for hydroxylation is 1. The molecule has 0 unspecified atom stereocenters. The maximum Gasteiger partial charge on any atom is 0.273 e. The van der Waals surface area contributed by atoms with Gasteiger partial charge in [0.05, 0.1) is 19.8 Å². The Bertz CT molecular complexity index is 645. The lowest BCUT2D eigenvalue weighted by molar-refractivity contribution is 0.0305. The molecule has 6 heteroatoms. The molecule has 1 aliphatic rings. The first-order chi connectivity index (χ1) is 11.2. The molecule has 122 valence electrons. The highest BCUT2D eigenvalue weighted by Crippen LogP contribution is 2.09. The van der Waals surface area contributed by atoms with Gasteiger partial charge in [-0.05, 0) is 12.5 Å². The molecule has 0 saturated carbocycles. The lowest BCUT2D eigenvalue weighted by Gasteiger charge is -2.25. The first kappa shape index (κ1) is 15.7. The number of hydrogen-bond donors (Lipinski definition) is 1. The van der Waals surface area contributed by atoms with Crippen molar-refractivity contribution in [2.75, 3.05) is 26.3 Å². The first-order valence-corrected chi connectivity index (χ1v) is 7.80. The number of rotatable bonds is 5. The summed E-state index contributed by atoms with van der Waals surface area (Å²) in [5.74, 6) is 0.481. The van der Waals surface area contributed by atoms with Crippen molar-refractivity contribution in [3.63, 3.8) is 0 Å². The van der Waals surface area contributed by atoms with Gasteiger partial charge in [-0.2, -0.15) is 0 Å². The highest BCUT2D eigenvalue weighted by molar-refractivity contribution is 5.92. The number of carbonyl (C=O) groups is 1. The Balaban J connectivity index is 1.52. The Morgan fingerprint density at radius 3 is 2.74 bits per heavy atom. The highest BCUT2D eigenvalue weighted by atomic mass is 16.5. The zero-order chi connectivity index (χ0) is 16.1. The van der Waals surface area contributed by atoms with E-state index in [1.807, 2.05) is 31.2 Å². The van der Waals surface area contributed by atoms with Crippen LogP contribution in [0.4, 0.5) is 0 Å². The number of nitrogens with one attached hydrogen (secondary N) is 1. The summed E-state index contributed by atoms with van der Waals surface area (Å²) < 4.78 is 10.6. The van der Waals surface area contributed by atoms with Crippen LogP contribution in [0.2, 0.25) is 0 Å². The maximum atomic E-state index is 12.1. The van der Waals surface area contributed by atoms with Crippen LogP contribution in [-0.4, -0.2) is 42.3 Å². The lowest BCUT2D eigenvalue weighted by Crippen LogP contribution is -2.35. The quantitative estimate of drug-likeness (QED) is 0.910. The number of ether oxygens (including phenoxy) is 1. The lowest BCUT2D eigenvalue weighted by atomic mass is 10.1. The number of aromatic nitrogens is 1. The van der Waals surface area contributed by atoms with Crippen molar-refractivity contribution in [2.45, 2.75) is 20.0 Å². The van der Waals surface area contributed by atoms with Gasteiger partial charge in [-0.1, -0.05) is 35.0 Å². The minimum absolute atomic E-state index is 0.220. The number of hydrogen-bond acceptors (Lipinski definition) is 5. The summed E-state index contributed by atoms with van der Waals surface area (Å²) in [5, 5.41) is 6.72. The van der Waals surface area contributed by atoms with E-state index in [0.29, 0.717) is 24.5 Å². The van der Waals surface area contributed by atoms with E-state index >= 15 is 0 Å². The monoisotopic (exact) mass is 315 g/mol. The fourth-order valence-corrected chi connectivity index (χ4v) is 2.45. The number of morpholine rings is 1. The molecule has 0 radical (unpaired) electrons. The zero-order valence-electron chi connectivity index (χ0n) is 13.2. The van der Waals surface area contributed by atoms with Crippen LogP contribution in [0.25, 0.3) is 0 Å². The Morgan fingerprint density at radius 1 is 1.26 bits per heavy atom. The molecule has 2 heterocycles. The second-order valence-corrected chi connectivity index (χ2v) is 5.74.